The highest BCUT2D eigenvalue weighted by molar-refractivity contribution is 5.99. The van der Waals surface area contributed by atoms with Crippen molar-refractivity contribution in [3.63, 3.8) is 0 Å². The predicted molar refractivity (Wildman–Crippen MR) is 104 cm³/mol. The highest BCUT2D eigenvalue weighted by Gasteiger charge is 2.28. The van der Waals surface area contributed by atoms with Gasteiger partial charge >= 0.3 is 0 Å². The highest BCUT2D eigenvalue weighted by atomic mass is 16.2. The number of likely N-dealkylation sites (tertiary alicyclic amines) is 1. The molecule has 7 nitrogen and oxygen atoms in total. The molecule has 0 aromatic heterocycles. The number of hydrogen-bond donors (Lipinski definition) is 2. The van der Waals surface area contributed by atoms with Gasteiger partial charge in [-0.2, -0.15) is 0 Å². The van der Waals surface area contributed by atoms with Gasteiger partial charge in [-0.3, -0.25) is 14.4 Å². The Morgan fingerprint density at radius 1 is 1.26 bits per heavy atom. The molecule has 27 heavy (non-hydrogen) atoms. The maximum Gasteiger partial charge on any atom is 0.254 e. The standard InChI is InChI=1S/C20H30N4O3/c1-3-23(2)19(26)15-7-6-8-16(13-15)20(27)24-12-5-4-9-17(24)14-22-18(25)10-11-21/h6-8,13,17H,3-5,9-12,14,21H2,1-2H3,(H,22,25). The van der Waals surface area contributed by atoms with Gasteiger partial charge in [0.2, 0.25) is 5.91 Å². The molecule has 1 aromatic carbocycles. The quantitative estimate of drug-likeness (QED) is 0.750. The third-order valence-electron chi connectivity index (χ3n) is 4.97. The number of amides is 3. The summed E-state index contributed by atoms with van der Waals surface area (Å²) in [6.07, 6.45) is 3.11. The normalized spacial score (nSPS) is 16.7. The van der Waals surface area contributed by atoms with E-state index in [4.69, 9.17) is 5.73 Å². The minimum atomic E-state index is -0.101. The topological polar surface area (TPSA) is 95.7 Å². The molecular weight excluding hydrogens is 344 g/mol. The Hall–Kier alpha value is -2.41. The average molecular weight is 374 g/mol. The van der Waals surface area contributed by atoms with Crippen LogP contribution in [0.2, 0.25) is 0 Å². The molecule has 1 unspecified atom stereocenters. The van der Waals surface area contributed by atoms with Crippen LogP contribution in [0.3, 0.4) is 0 Å². The Morgan fingerprint density at radius 2 is 2.00 bits per heavy atom. The Morgan fingerprint density at radius 3 is 2.70 bits per heavy atom. The zero-order chi connectivity index (χ0) is 19.8. The summed E-state index contributed by atoms with van der Waals surface area (Å²) in [5, 5.41) is 2.87. The van der Waals surface area contributed by atoms with E-state index in [1.54, 1.807) is 36.2 Å². The third kappa shape index (κ3) is 5.53. The first-order valence-corrected chi connectivity index (χ1v) is 9.61. The molecule has 0 radical (unpaired) electrons. The molecule has 0 aliphatic carbocycles. The van der Waals surface area contributed by atoms with Gasteiger partial charge in [-0.1, -0.05) is 6.07 Å². The molecule has 0 bridgehead atoms. The van der Waals surface area contributed by atoms with Gasteiger partial charge in [0.05, 0.1) is 0 Å². The molecular formula is C20H30N4O3. The van der Waals surface area contributed by atoms with Gasteiger partial charge in [-0.15, -0.1) is 0 Å². The van der Waals surface area contributed by atoms with E-state index in [0.29, 0.717) is 37.3 Å². The molecule has 1 atom stereocenters. The molecule has 0 spiro atoms. The lowest BCUT2D eigenvalue weighted by molar-refractivity contribution is -0.121. The summed E-state index contributed by atoms with van der Waals surface area (Å²) >= 11 is 0. The number of hydrogen-bond acceptors (Lipinski definition) is 4. The fourth-order valence-corrected chi connectivity index (χ4v) is 3.25. The maximum atomic E-state index is 13.1. The molecule has 7 heteroatoms. The first-order valence-electron chi connectivity index (χ1n) is 9.61. The lowest BCUT2D eigenvalue weighted by atomic mass is 10.00. The largest absolute Gasteiger partial charge is 0.354 e. The number of carbonyl (C=O) groups excluding carboxylic acids is 3. The fraction of sp³-hybridized carbons (Fsp3) is 0.550. The smallest absolute Gasteiger partial charge is 0.254 e. The number of nitrogens with one attached hydrogen (secondary N) is 1. The van der Waals surface area contributed by atoms with E-state index in [2.05, 4.69) is 5.32 Å². The minimum Gasteiger partial charge on any atom is -0.354 e. The second kappa shape index (κ2) is 10.1. The molecule has 1 aliphatic heterocycles. The van der Waals surface area contributed by atoms with Crippen molar-refractivity contribution in [2.75, 3.05) is 33.2 Å². The van der Waals surface area contributed by atoms with Crippen LogP contribution in [-0.2, 0) is 4.79 Å². The Labute approximate surface area is 160 Å². The van der Waals surface area contributed by atoms with E-state index in [1.807, 2.05) is 11.8 Å². The van der Waals surface area contributed by atoms with Gasteiger partial charge in [0.1, 0.15) is 0 Å². The second-order valence-electron chi connectivity index (χ2n) is 6.89. The molecule has 2 rings (SSSR count). The first-order chi connectivity index (χ1) is 13.0. The van der Waals surface area contributed by atoms with Gasteiger partial charge in [-0.25, -0.2) is 0 Å². The van der Waals surface area contributed by atoms with E-state index in [0.717, 1.165) is 19.3 Å². The summed E-state index contributed by atoms with van der Waals surface area (Å²) in [5.41, 5.74) is 6.42. The van der Waals surface area contributed by atoms with E-state index >= 15 is 0 Å². The molecule has 1 aliphatic rings. The summed E-state index contributed by atoms with van der Waals surface area (Å²) < 4.78 is 0. The molecule has 1 heterocycles. The van der Waals surface area contributed by atoms with E-state index < -0.39 is 0 Å². The third-order valence-corrected chi connectivity index (χ3v) is 4.97. The molecule has 1 fully saturated rings. The van der Waals surface area contributed by atoms with Crippen LogP contribution in [0.1, 0.15) is 53.3 Å². The van der Waals surface area contributed by atoms with Crippen molar-refractivity contribution in [3.8, 4) is 0 Å². The lowest BCUT2D eigenvalue weighted by Gasteiger charge is -2.36. The van der Waals surface area contributed by atoms with Crippen LogP contribution in [0, 0.1) is 0 Å². The van der Waals surface area contributed by atoms with Crippen LogP contribution >= 0.6 is 0 Å². The first kappa shape index (κ1) is 20.9. The van der Waals surface area contributed by atoms with E-state index in [-0.39, 0.29) is 30.2 Å². The SMILES string of the molecule is CCN(C)C(=O)c1cccc(C(=O)N2CCCCC2CNC(=O)CCN)c1. The number of nitrogens with zero attached hydrogens (tertiary/aromatic N) is 2. The number of benzene rings is 1. The summed E-state index contributed by atoms with van der Waals surface area (Å²) in [5.74, 6) is -0.288. The summed E-state index contributed by atoms with van der Waals surface area (Å²) in [6, 6.07) is 6.84. The molecule has 1 aromatic rings. The van der Waals surface area contributed by atoms with Crippen molar-refractivity contribution in [2.45, 2.75) is 38.6 Å². The van der Waals surface area contributed by atoms with Gasteiger partial charge in [0.25, 0.3) is 11.8 Å². The van der Waals surface area contributed by atoms with Crippen LogP contribution in [0.4, 0.5) is 0 Å². The van der Waals surface area contributed by atoms with Crippen molar-refractivity contribution < 1.29 is 14.4 Å². The van der Waals surface area contributed by atoms with Crippen LogP contribution in [0.25, 0.3) is 0 Å². The molecule has 148 valence electrons. The Kier molecular flexibility index (Phi) is 7.79. The maximum absolute atomic E-state index is 13.1. The van der Waals surface area contributed by atoms with E-state index in [1.165, 1.54) is 0 Å². The van der Waals surface area contributed by atoms with E-state index in [9.17, 15) is 14.4 Å². The number of carbonyl (C=O) groups is 3. The molecule has 3 N–H and O–H groups in total. The van der Waals surface area contributed by atoms with Gasteiger partial charge in [0, 0.05) is 56.8 Å². The van der Waals surface area contributed by atoms with Crippen LogP contribution in [0.5, 0.6) is 0 Å². The molecule has 1 saturated heterocycles. The van der Waals surface area contributed by atoms with Crippen molar-refractivity contribution in [1.29, 1.82) is 0 Å². The summed E-state index contributed by atoms with van der Waals surface area (Å²) in [6.45, 7) is 3.91. The number of piperidine rings is 1. The lowest BCUT2D eigenvalue weighted by Crippen LogP contribution is -2.49. The van der Waals surface area contributed by atoms with Gasteiger partial charge in [0.15, 0.2) is 0 Å². The number of nitrogens with two attached hydrogens (primary N) is 1. The molecule has 3 amide bonds. The zero-order valence-corrected chi connectivity index (χ0v) is 16.2. The van der Waals surface area contributed by atoms with Crippen molar-refractivity contribution in [1.82, 2.24) is 15.1 Å². The van der Waals surface area contributed by atoms with Crippen molar-refractivity contribution >= 4 is 17.7 Å². The van der Waals surface area contributed by atoms with Crippen molar-refractivity contribution in [2.24, 2.45) is 5.73 Å². The second-order valence-corrected chi connectivity index (χ2v) is 6.89. The molecule has 0 saturated carbocycles. The van der Waals surface area contributed by atoms with Crippen LogP contribution in [-0.4, -0.2) is 66.8 Å². The zero-order valence-electron chi connectivity index (χ0n) is 16.2. The van der Waals surface area contributed by atoms with Crippen LogP contribution < -0.4 is 11.1 Å². The highest BCUT2D eigenvalue weighted by Crippen LogP contribution is 2.20. The minimum absolute atomic E-state index is 0.0364. The average Bonchev–Trinajstić information content (AvgIpc) is 2.71. The van der Waals surface area contributed by atoms with Crippen molar-refractivity contribution in [3.05, 3.63) is 35.4 Å². The summed E-state index contributed by atoms with van der Waals surface area (Å²) in [7, 11) is 1.74. The van der Waals surface area contributed by atoms with Gasteiger partial charge in [-0.05, 0) is 44.4 Å². The van der Waals surface area contributed by atoms with Crippen LogP contribution in [0.15, 0.2) is 24.3 Å². The summed E-state index contributed by atoms with van der Waals surface area (Å²) in [4.78, 5) is 40.6. The monoisotopic (exact) mass is 374 g/mol. The Bertz CT molecular complexity index is 677. The predicted octanol–water partition coefficient (Wildman–Crippen LogP) is 1.24. The Balaban J connectivity index is 2.11. The fourth-order valence-electron chi connectivity index (χ4n) is 3.25. The number of rotatable bonds is 7. The van der Waals surface area contributed by atoms with Gasteiger partial charge < -0.3 is 20.9 Å².